The third kappa shape index (κ3) is 6.07. The zero-order valence-corrected chi connectivity index (χ0v) is 13.9. The summed E-state index contributed by atoms with van der Waals surface area (Å²) in [5, 5.41) is 14.4. The zero-order valence-electron chi connectivity index (χ0n) is 13.9. The Morgan fingerprint density at radius 2 is 2.04 bits per heavy atom. The average Bonchev–Trinajstić information content (AvgIpc) is 2.55. The summed E-state index contributed by atoms with van der Waals surface area (Å²) in [4.78, 5) is 6.50. The molecule has 2 rings (SSSR count). The fourth-order valence-corrected chi connectivity index (χ4v) is 2.02. The molecule has 0 bridgehead atoms. The number of aromatic nitrogens is 3. The van der Waals surface area contributed by atoms with Gasteiger partial charge in [0.15, 0.2) is 5.82 Å². The number of rotatable bonds is 9. The third-order valence-corrected chi connectivity index (χ3v) is 3.25. The third-order valence-electron chi connectivity index (χ3n) is 3.25. The molecule has 7 heteroatoms. The Kier molecular flexibility index (Phi) is 6.56. The van der Waals surface area contributed by atoms with Crippen LogP contribution in [0.3, 0.4) is 0 Å². The Morgan fingerprint density at radius 1 is 1.17 bits per heavy atom. The highest BCUT2D eigenvalue weighted by Gasteiger charge is 2.01. The number of nitrogens with one attached hydrogen (secondary N) is 2. The van der Waals surface area contributed by atoms with Gasteiger partial charge < -0.3 is 20.3 Å². The second kappa shape index (κ2) is 8.89. The maximum absolute atomic E-state index is 5.22. The molecule has 23 heavy (non-hydrogen) atoms. The highest BCUT2D eigenvalue weighted by atomic mass is 16.5. The minimum Gasteiger partial charge on any atom is -0.497 e. The predicted molar refractivity (Wildman–Crippen MR) is 92.1 cm³/mol. The lowest BCUT2D eigenvalue weighted by Gasteiger charge is -2.11. The molecule has 0 atom stereocenters. The lowest BCUT2D eigenvalue weighted by molar-refractivity contribution is 0.414. The van der Waals surface area contributed by atoms with Crippen molar-refractivity contribution in [3.63, 3.8) is 0 Å². The van der Waals surface area contributed by atoms with E-state index in [2.05, 4.69) is 36.8 Å². The maximum atomic E-state index is 5.22. The van der Waals surface area contributed by atoms with Gasteiger partial charge in [0.2, 0.25) is 5.95 Å². The van der Waals surface area contributed by atoms with Crippen molar-refractivity contribution in [3.05, 3.63) is 36.0 Å². The van der Waals surface area contributed by atoms with E-state index < -0.39 is 0 Å². The molecule has 0 saturated carbocycles. The first-order chi connectivity index (χ1) is 11.2. The van der Waals surface area contributed by atoms with Crippen molar-refractivity contribution in [2.24, 2.45) is 0 Å². The second-order valence-corrected chi connectivity index (χ2v) is 5.42. The summed E-state index contributed by atoms with van der Waals surface area (Å²) >= 11 is 0. The van der Waals surface area contributed by atoms with Crippen LogP contribution in [0.4, 0.5) is 11.8 Å². The fraction of sp³-hybridized carbons (Fsp3) is 0.438. The standard InChI is InChI=1S/C16H24N6O/c1-22(2)10-9-17-15-12-19-21-16(20-15)18-8-7-13-5-4-6-14(11-13)23-3/h4-6,11-12H,7-10H2,1-3H3,(H2,17,18,20,21). The monoisotopic (exact) mass is 316 g/mol. The summed E-state index contributed by atoms with van der Waals surface area (Å²) in [6, 6.07) is 8.02. The summed E-state index contributed by atoms with van der Waals surface area (Å²) < 4.78 is 5.22. The van der Waals surface area contributed by atoms with Crippen LogP contribution < -0.4 is 15.4 Å². The number of methoxy groups -OCH3 is 1. The molecule has 0 saturated heterocycles. The maximum Gasteiger partial charge on any atom is 0.244 e. The smallest absolute Gasteiger partial charge is 0.244 e. The fourth-order valence-electron chi connectivity index (χ4n) is 2.02. The van der Waals surface area contributed by atoms with Gasteiger partial charge in [0, 0.05) is 19.6 Å². The first kappa shape index (κ1) is 17.0. The highest BCUT2D eigenvalue weighted by molar-refractivity contribution is 5.37. The molecule has 1 aromatic carbocycles. The molecule has 124 valence electrons. The van der Waals surface area contributed by atoms with E-state index in [1.165, 1.54) is 5.56 Å². The SMILES string of the molecule is COc1cccc(CCNc2nncc(NCCN(C)C)n2)c1. The van der Waals surface area contributed by atoms with Crippen LogP contribution in [-0.2, 0) is 6.42 Å². The van der Waals surface area contributed by atoms with Crippen molar-refractivity contribution >= 4 is 11.8 Å². The van der Waals surface area contributed by atoms with Gasteiger partial charge in [-0.05, 0) is 38.2 Å². The number of likely N-dealkylation sites (N-methyl/N-ethyl adjacent to an activating group) is 1. The molecule has 2 N–H and O–H groups in total. The summed E-state index contributed by atoms with van der Waals surface area (Å²) in [6.07, 6.45) is 2.49. The van der Waals surface area contributed by atoms with Gasteiger partial charge in [-0.3, -0.25) is 0 Å². The molecule has 0 unspecified atom stereocenters. The molecule has 0 aliphatic carbocycles. The number of benzene rings is 1. The van der Waals surface area contributed by atoms with Gasteiger partial charge in [-0.2, -0.15) is 10.1 Å². The van der Waals surface area contributed by atoms with Gasteiger partial charge >= 0.3 is 0 Å². The highest BCUT2D eigenvalue weighted by Crippen LogP contribution is 2.13. The van der Waals surface area contributed by atoms with Gasteiger partial charge in [-0.15, -0.1) is 5.10 Å². The minimum atomic E-state index is 0.530. The largest absolute Gasteiger partial charge is 0.497 e. The van der Waals surface area contributed by atoms with E-state index >= 15 is 0 Å². The van der Waals surface area contributed by atoms with Gasteiger partial charge in [-0.1, -0.05) is 12.1 Å². The van der Waals surface area contributed by atoms with E-state index in [1.54, 1.807) is 13.3 Å². The summed E-state index contributed by atoms with van der Waals surface area (Å²) in [6.45, 7) is 2.48. The van der Waals surface area contributed by atoms with Crippen LogP contribution in [0.1, 0.15) is 5.56 Å². The van der Waals surface area contributed by atoms with Crippen LogP contribution in [0.25, 0.3) is 0 Å². The normalized spacial score (nSPS) is 10.6. The molecule has 1 aromatic heterocycles. The molecule has 0 radical (unpaired) electrons. The van der Waals surface area contributed by atoms with Crippen molar-refractivity contribution in [1.82, 2.24) is 20.1 Å². The lowest BCUT2D eigenvalue weighted by atomic mass is 10.1. The van der Waals surface area contributed by atoms with Crippen molar-refractivity contribution in [3.8, 4) is 5.75 Å². The molecule has 7 nitrogen and oxygen atoms in total. The predicted octanol–water partition coefficient (Wildman–Crippen LogP) is 1.51. The van der Waals surface area contributed by atoms with Crippen LogP contribution in [-0.4, -0.2) is 60.9 Å². The topological polar surface area (TPSA) is 75.2 Å². The van der Waals surface area contributed by atoms with Gasteiger partial charge in [0.25, 0.3) is 0 Å². The van der Waals surface area contributed by atoms with E-state index in [0.29, 0.717) is 5.95 Å². The van der Waals surface area contributed by atoms with Crippen LogP contribution in [0.5, 0.6) is 5.75 Å². The van der Waals surface area contributed by atoms with Gasteiger partial charge in [-0.25, -0.2) is 0 Å². The number of hydrogen-bond acceptors (Lipinski definition) is 7. The quantitative estimate of drug-likeness (QED) is 0.726. The van der Waals surface area contributed by atoms with E-state index in [-0.39, 0.29) is 0 Å². The lowest BCUT2D eigenvalue weighted by Crippen LogP contribution is -2.21. The summed E-state index contributed by atoms with van der Waals surface area (Å²) in [7, 11) is 5.74. The van der Waals surface area contributed by atoms with Gasteiger partial charge in [0.05, 0.1) is 13.3 Å². The Labute approximate surface area is 137 Å². The molecule has 1 heterocycles. The number of anilines is 2. The Bertz CT molecular complexity index is 605. The van der Waals surface area contributed by atoms with Crippen LogP contribution >= 0.6 is 0 Å². The average molecular weight is 316 g/mol. The van der Waals surface area contributed by atoms with E-state index in [9.17, 15) is 0 Å². The van der Waals surface area contributed by atoms with Crippen LogP contribution in [0, 0.1) is 0 Å². The first-order valence-corrected chi connectivity index (χ1v) is 7.62. The van der Waals surface area contributed by atoms with Crippen molar-refractivity contribution in [1.29, 1.82) is 0 Å². The molecule has 0 fully saturated rings. The van der Waals surface area contributed by atoms with Crippen molar-refractivity contribution in [2.45, 2.75) is 6.42 Å². The Balaban J connectivity index is 1.81. The van der Waals surface area contributed by atoms with E-state index in [4.69, 9.17) is 4.74 Å². The van der Waals surface area contributed by atoms with Crippen molar-refractivity contribution in [2.75, 3.05) is 51.5 Å². The number of hydrogen-bond donors (Lipinski definition) is 2. The van der Waals surface area contributed by atoms with Gasteiger partial charge in [0.1, 0.15) is 5.75 Å². The summed E-state index contributed by atoms with van der Waals surface area (Å²) in [5.41, 5.74) is 1.20. The molecule has 0 spiro atoms. The molecule has 0 aliphatic rings. The number of nitrogens with zero attached hydrogens (tertiary/aromatic N) is 4. The van der Waals surface area contributed by atoms with Crippen LogP contribution in [0.2, 0.25) is 0 Å². The molecular formula is C16H24N6O. The zero-order chi connectivity index (χ0) is 16.5. The van der Waals surface area contributed by atoms with E-state index in [0.717, 1.165) is 37.6 Å². The van der Waals surface area contributed by atoms with Crippen molar-refractivity contribution < 1.29 is 4.74 Å². The Morgan fingerprint density at radius 3 is 2.83 bits per heavy atom. The Hall–Kier alpha value is -2.41. The molecular weight excluding hydrogens is 292 g/mol. The van der Waals surface area contributed by atoms with E-state index in [1.807, 2.05) is 32.3 Å². The minimum absolute atomic E-state index is 0.530. The molecule has 0 aliphatic heterocycles. The molecule has 0 amide bonds. The van der Waals surface area contributed by atoms with Crippen LogP contribution in [0.15, 0.2) is 30.5 Å². The first-order valence-electron chi connectivity index (χ1n) is 7.62. The number of ether oxygens (including phenoxy) is 1. The molecule has 2 aromatic rings. The second-order valence-electron chi connectivity index (χ2n) is 5.42. The summed E-state index contributed by atoms with van der Waals surface area (Å²) in [5.74, 6) is 2.13.